The van der Waals surface area contributed by atoms with Gasteiger partial charge in [0, 0.05) is 33.3 Å². The van der Waals surface area contributed by atoms with Crippen molar-refractivity contribution in [1.82, 2.24) is 4.98 Å². The van der Waals surface area contributed by atoms with Crippen LogP contribution in [0.1, 0.15) is 50.7 Å². The molecule has 0 aliphatic carbocycles. The Labute approximate surface area is 175 Å². The van der Waals surface area contributed by atoms with Crippen LogP contribution in [0.3, 0.4) is 0 Å². The van der Waals surface area contributed by atoms with Crippen molar-refractivity contribution < 1.29 is 8.81 Å². The average molecular weight is 397 g/mol. The summed E-state index contributed by atoms with van der Waals surface area (Å²) in [6, 6.07) is 18.1. The van der Waals surface area contributed by atoms with Gasteiger partial charge in [-0.2, -0.15) is 0 Å². The zero-order valence-electron chi connectivity index (χ0n) is 17.7. The largest absolute Gasteiger partial charge is 0.455 e. The molecule has 150 valence electrons. The van der Waals surface area contributed by atoms with Crippen molar-refractivity contribution in [2.75, 3.05) is 0 Å². The van der Waals surface area contributed by atoms with Crippen molar-refractivity contribution >= 4 is 32.7 Å². The van der Waals surface area contributed by atoms with Crippen molar-refractivity contribution in [2.24, 2.45) is 0 Å². The lowest BCUT2D eigenvalue weighted by atomic mass is 9.93. The Kier molecular flexibility index (Phi) is 4.35. The van der Waals surface area contributed by atoms with Crippen LogP contribution in [0.15, 0.2) is 65.2 Å². The Bertz CT molecular complexity index is 1410. The molecule has 0 aliphatic rings. The number of hydrogen-bond donors (Lipinski definition) is 0. The Balaban J connectivity index is 1.89. The van der Waals surface area contributed by atoms with Crippen molar-refractivity contribution in [3.05, 3.63) is 77.7 Å². The molecule has 5 aromatic rings. The second-order valence-corrected chi connectivity index (χ2v) is 8.58. The van der Waals surface area contributed by atoms with Gasteiger partial charge in [-0.15, -0.1) is 0 Å². The van der Waals surface area contributed by atoms with Gasteiger partial charge in [-0.05, 0) is 47.2 Å². The Morgan fingerprint density at radius 2 is 1.60 bits per heavy atom. The minimum absolute atomic E-state index is 0.123. The fraction of sp³-hybridized carbons (Fsp3) is 0.222. The monoisotopic (exact) mass is 397 g/mol. The summed E-state index contributed by atoms with van der Waals surface area (Å²) in [5.41, 5.74) is 5.26. The molecule has 3 aromatic carbocycles. The fourth-order valence-electron chi connectivity index (χ4n) is 4.25. The maximum Gasteiger partial charge on any atom is 0.144 e. The Hall–Kier alpha value is -3.20. The molecule has 2 aromatic heterocycles. The normalized spacial score (nSPS) is 12.1. The smallest absolute Gasteiger partial charge is 0.144 e. The van der Waals surface area contributed by atoms with E-state index in [1.807, 2.05) is 44.2 Å². The number of pyridine rings is 1. The van der Waals surface area contributed by atoms with E-state index in [4.69, 9.17) is 4.42 Å². The number of furan rings is 1. The van der Waals surface area contributed by atoms with E-state index in [0.29, 0.717) is 11.3 Å². The van der Waals surface area contributed by atoms with Crippen LogP contribution in [0.25, 0.3) is 44.0 Å². The number of nitrogens with zero attached hydrogens (tertiary/aromatic N) is 1. The van der Waals surface area contributed by atoms with Gasteiger partial charge < -0.3 is 4.42 Å². The van der Waals surface area contributed by atoms with Gasteiger partial charge in [0.2, 0.25) is 0 Å². The highest BCUT2D eigenvalue weighted by Crippen LogP contribution is 2.40. The number of hydrogen-bond acceptors (Lipinski definition) is 2. The molecule has 0 saturated heterocycles. The minimum atomic E-state index is -0.160. The SMILES string of the molecule is CC(C)c1cc(-c2nccc3c(F)c(C(C)C)ccc23)c2oc3ccccc3c2c1. The molecule has 30 heavy (non-hydrogen) atoms. The van der Waals surface area contributed by atoms with Crippen molar-refractivity contribution in [2.45, 2.75) is 39.5 Å². The van der Waals surface area contributed by atoms with E-state index in [2.05, 4.69) is 37.0 Å². The first-order valence-corrected chi connectivity index (χ1v) is 10.5. The van der Waals surface area contributed by atoms with Crippen LogP contribution in [0.2, 0.25) is 0 Å². The van der Waals surface area contributed by atoms with Crippen LogP contribution in [-0.2, 0) is 0 Å². The molecule has 0 radical (unpaired) electrons. The summed E-state index contributed by atoms with van der Waals surface area (Å²) in [7, 11) is 0. The summed E-state index contributed by atoms with van der Waals surface area (Å²) < 4.78 is 21.5. The van der Waals surface area contributed by atoms with Crippen molar-refractivity contribution in [1.29, 1.82) is 0 Å². The van der Waals surface area contributed by atoms with Gasteiger partial charge in [0.15, 0.2) is 0 Å². The molecule has 2 nitrogen and oxygen atoms in total. The van der Waals surface area contributed by atoms with Gasteiger partial charge in [-0.3, -0.25) is 4.98 Å². The molecule has 0 bridgehead atoms. The van der Waals surface area contributed by atoms with E-state index in [1.54, 1.807) is 12.3 Å². The first-order valence-electron chi connectivity index (χ1n) is 10.5. The van der Waals surface area contributed by atoms with Crippen LogP contribution in [0.4, 0.5) is 4.39 Å². The lowest BCUT2D eigenvalue weighted by Crippen LogP contribution is -1.97. The standard InChI is InChI=1S/C27H24FNO/c1-15(2)17-13-22-19-7-5-6-8-24(19)30-27(22)23(14-17)26-21-10-9-18(16(3)4)25(28)20(21)11-12-29-26/h5-16H,1-4H3. The summed E-state index contributed by atoms with van der Waals surface area (Å²) in [5, 5.41) is 3.57. The summed E-state index contributed by atoms with van der Waals surface area (Å²) in [6.07, 6.45) is 1.70. The van der Waals surface area contributed by atoms with Crippen LogP contribution in [0.5, 0.6) is 0 Å². The molecule has 0 saturated carbocycles. The second-order valence-electron chi connectivity index (χ2n) is 8.58. The third-order valence-electron chi connectivity index (χ3n) is 5.95. The third kappa shape index (κ3) is 2.80. The highest BCUT2D eigenvalue weighted by Gasteiger charge is 2.19. The fourth-order valence-corrected chi connectivity index (χ4v) is 4.25. The summed E-state index contributed by atoms with van der Waals surface area (Å²) in [4.78, 5) is 4.69. The van der Waals surface area contributed by atoms with E-state index >= 15 is 4.39 Å². The van der Waals surface area contributed by atoms with E-state index in [1.165, 1.54) is 5.56 Å². The van der Waals surface area contributed by atoms with Gasteiger partial charge >= 0.3 is 0 Å². The van der Waals surface area contributed by atoms with Crippen LogP contribution in [0, 0.1) is 5.82 Å². The predicted octanol–water partition coefficient (Wildman–Crippen LogP) is 8.19. The molecule has 0 spiro atoms. The number of aromatic nitrogens is 1. The topological polar surface area (TPSA) is 26.0 Å². The highest BCUT2D eigenvalue weighted by atomic mass is 19.1. The van der Waals surface area contributed by atoms with E-state index in [-0.39, 0.29) is 11.7 Å². The lowest BCUT2D eigenvalue weighted by molar-refractivity contribution is 0.610. The molecule has 5 rings (SSSR count). The molecule has 0 unspecified atom stereocenters. The molecular weight excluding hydrogens is 373 g/mol. The van der Waals surface area contributed by atoms with Gasteiger partial charge in [-0.1, -0.05) is 58.0 Å². The molecule has 0 atom stereocenters. The van der Waals surface area contributed by atoms with E-state index in [9.17, 15) is 0 Å². The van der Waals surface area contributed by atoms with Gasteiger partial charge in [-0.25, -0.2) is 4.39 Å². The van der Waals surface area contributed by atoms with E-state index < -0.39 is 0 Å². The van der Waals surface area contributed by atoms with Gasteiger partial charge in [0.25, 0.3) is 0 Å². The molecule has 0 fully saturated rings. The molecule has 3 heteroatoms. The summed E-state index contributed by atoms with van der Waals surface area (Å²) in [6.45, 7) is 8.38. The third-order valence-corrected chi connectivity index (χ3v) is 5.95. The Morgan fingerprint density at radius 3 is 2.37 bits per heavy atom. The van der Waals surface area contributed by atoms with Crippen molar-refractivity contribution in [3.63, 3.8) is 0 Å². The zero-order chi connectivity index (χ0) is 21.0. The minimum Gasteiger partial charge on any atom is -0.455 e. The van der Waals surface area contributed by atoms with Gasteiger partial charge in [0.1, 0.15) is 17.0 Å². The van der Waals surface area contributed by atoms with Crippen LogP contribution >= 0.6 is 0 Å². The van der Waals surface area contributed by atoms with Crippen LogP contribution in [-0.4, -0.2) is 4.98 Å². The number of fused-ring (bicyclic) bond motifs is 4. The number of benzene rings is 3. The first kappa shape index (κ1) is 18.8. The summed E-state index contributed by atoms with van der Waals surface area (Å²) in [5.74, 6) is 0.311. The molecule has 0 aliphatic heterocycles. The maximum absolute atomic E-state index is 15.3. The molecule has 2 heterocycles. The molecule has 0 N–H and O–H groups in total. The van der Waals surface area contributed by atoms with Crippen molar-refractivity contribution in [3.8, 4) is 11.3 Å². The van der Waals surface area contributed by atoms with E-state index in [0.717, 1.165) is 44.1 Å². The zero-order valence-corrected chi connectivity index (χ0v) is 17.7. The number of rotatable bonds is 3. The number of halogens is 1. The first-order chi connectivity index (χ1) is 14.5. The second kappa shape index (κ2) is 6.94. The van der Waals surface area contributed by atoms with Gasteiger partial charge in [0.05, 0.1) is 5.69 Å². The molecular formula is C27H24FNO. The van der Waals surface area contributed by atoms with Crippen LogP contribution < -0.4 is 0 Å². The quantitative estimate of drug-likeness (QED) is 0.307. The molecule has 0 amide bonds. The lowest BCUT2D eigenvalue weighted by Gasteiger charge is -2.14. The summed E-state index contributed by atoms with van der Waals surface area (Å²) >= 11 is 0. The Morgan fingerprint density at radius 1 is 0.800 bits per heavy atom. The maximum atomic E-state index is 15.3. The predicted molar refractivity (Wildman–Crippen MR) is 123 cm³/mol. The number of para-hydroxylation sites is 1. The average Bonchev–Trinajstić information content (AvgIpc) is 3.11. The highest BCUT2D eigenvalue weighted by molar-refractivity contribution is 6.12.